The standard InChI is InChI=1S/C22H39BO4Si/c1-15(2)28(16(3)4,17(5)6)25-18-12-13-19(20(14-18)24-11)23-26-21(7,8)22(9,10)27-23/h12-17H,1-11H3. The fourth-order valence-electron chi connectivity index (χ4n) is 4.48. The first kappa shape index (κ1) is 23.3. The van der Waals surface area contributed by atoms with E-state index >= 15 is 0 Å². The van der Waals surface area contributed by atoms with Crippen LogP contribution >= 0.6 is 0 Å². The maximum atomic E-state index is 6.81. The summed E-state index contributed by atoms with van der Waals surface area (Å²) in [6.07, 6.45) is 0. The van der Waals surface area contributed by atoms with Gasteiger partial charge in [-0.25, -0.2) is 0 Å². The minimum absolute atomic E-state index is 0.382. The van der Waals surface area contributed by atoms with E-state index in [1.807, 2.05) is 18.2 Å². The van der Waals surface area contributed by atoms with Crippen molar-refractivity contribution in [2.45, 2.75) is 97.1 Å². The smallest absolute Gasteiger partial charge is 0.498 e. The van der Waals surface area contributed by atoms with Gasteiger partial charge in [-0.1, -0.05) is 47.6 Å². The van der Waals surface area contributed by atoms with E-state index in [0.29, 0.717) is 16.6 Å². The zero-order chi connectivity index (χ0) is 21.5. The summed E-state index contributed by atoms with van der Waals surface area (Å²) >= 11 is 0. The van der Waals surface area contributed by atoms with Gasteiger partial charge in [-0.15, -0.1) is 0 Å². The summed E-state index contributed by atoms with van der Waals surface area (Å²) < 4.78 is 24.9. The van der Waals surface area contributed by atoms with Crippen LogP contribution in [0.5, 0.6) is 11.5 Å². The summed E-state index contributed by atoms with van der Waals surface area (Å²) in [5.74, 6) is 1.62. The van der Waals surface area contributed by atoms with Crippen LogP contribution in [0.2, 0.25) is 16.6 Å². The molecule has 1 heterocycles. The predicted molar refractivity (Wildman–Crippen MR) is 120 cm³/mol. The van der Waals surface area contributed by atoms with Crippen LogP contribution in [-0.4, -0.2) is 33.7 Å². The Bertz CT molecular complexity index is 647. The lowest BCUT2D eigenvalue weighted by molar-refractivity contribution is 0.00578. The van der Waals surface area contributed by atoms with Gasteiger partial charge in [0.05, 0.1) is 18.3 Å². The molecule has 0 unspecified atom stereocenters. The second-order valence-corrected chi connectivity index (χ2v) is 15.3. The van der Waals surface area contributed by atoms with Crippen LogP contribution in [0, 0.1) is 0 Å². The van der Waals surface area contributed by atoms with E-state index < -0.39 is 15.4 Å². The van der Waals surface area contributed by atoms with Gasteiger partial charge in [0.1, 0.15) is 11.5 Å². The van der Waals surface area contributed by atoms with E-state index in [0.717, 1.165) is 17.0 Å². The van der Waals surface area contributed by atoms with Crippen molar-refractivity contribution in [2.75, 3.05) is 7.11 Å². The summed E-state index contributed by atoms with van der Waals surface area (Å²) in [6.45, 7) is 22.0. The van der Waals surface area contributed by atoms with Gasteiger partial charge in [-0.3, -0.25) is 0 Å². The van der Waals surface area contributed by atoms with Crippen LogP contribution in [0.15, 0.2) is 18.2 Å². The topological polar surface area (TPSA) is 36.9 Å². The second kappa shape index (κ2) is 8.04. The van der Waals surface area contributed by atoms with Crippen molar-refractivity contribution in [3.63, 3.8) is 0 Å². The van der Waals surface area contributed by atoms with Crippen molar-refractivity contribution in [3.05, 3.63) is 18.2 Å². The number of benzene rings is 1. The number of ether oxygens (including phenoxy) is 1. The normalized spacial score (nSPS) is 19.0. The molecule has 6 heteroatoms. The molecule has 28 heavy (non-hydrogen) atoms. The average Bonchev–Trinajstić information content (AvgIpc) is 2.78. The molecule has 0 aliphatic carbocycles. The molecule has 1 aliphatic heterocycles. The van der Waals surface area contributed by atoms with E-state index in [2.05, 4.69) is 69.2 Å². The van der Waals surface area contributed by atoms with Crippen LogP contribution in [0.1, 0.15) is 69.2 Å². The summed E-state index contributed by atoms with van der Waals surface area (Å²) in [5.41, 5.74) is 1.68. The SMILES string of the molecule is COc1cc(O[Si](C(C)C)(C(C)C)C(C)C)ccc1B1OC(C)(C)C(C)(C)O1. The molecule has 0 amide bonds. The van der Waals surface area contributed by atoms with Crippen LogP contribution in [0.25, 0.3) is 0 Å². The number of hydrogen-bond acceptors (Lipinski definition) is 4. The van der Waals surface area contributed by atoms with E-state index in [1.54, 1.807) is 7.11 Å². The van der Waals surface area contributed by atoms with Gasteiger partial charge in [-0.05, 0) is 50.4 Å². The molecule has 1 aromatic rings. The molecule has 0 atom stereocenters. The second-order valence-electron chi connectivity index (χ2n) is 9.91. The van der Waals surface area contributed by atoms with Crippen LogP contribution in [-0.2, 0) is 9.31 Å². The third-order valence-electron chi connectivity index (χ3n) is 6.71. The molecule has 1 aromatic carbocycles. The zero-order valence-electron chi connectivity index (χ0n) is 19.7. The number of rotatable bonds is 7. The average molecular weight is 406 g/mol. The first-order valence-corrected chi connectivity index (χ1v) is 12.6. The molecule has 0 spiro atoms. The lowest BCUT2D eigenvalue weighted by atomic mass is 9.78. The molecule has 1 fully saturated rings. The van der Waals surface area contributed by atoms with Crippen LogP contribution in [0.4, 0.5) is 0 Å². The minimum atomic E-state index is -2.02. The summed E-state index contributed by atoms with van der Waals surface area (Å²) in [7, 11) is -0.779. The molecule has 0 aromatic heterocycles. The van der Waals surface area contributed by atoms with Gasteiger partial charge >= 0.3 is 7.12 Å². The molecule has 1 saturated heterocycles. The number of methoxy groups -OCH3 is 1. The molecular formula is C22H39BO4Si. The van der Waals surface area contributed by atoms with Gasteiger partial charge in [-0.2, -0.15) is 0 Å². The van der Waals surface area contributed by atoms with Crippen LogP contribution in [0.3, 0.4) is 0 Å². The molecule has 0 N–H and O–H groups in total. The monoisotopic (exact) mass is 406 g/mol. The van der Waals surface area contributed by atoms with Gasteiger partial charge in [0.2, 0.25) is 0 Å². The van der Waals surface area contributed by atoms with Crippen molar-refractivity contribution in [1.82, 2.24) is 0 Å². The molecule has 2 rings (SSSR count). The fourth-order valence-corrected chi connectivity index (χ4v) is 9.72. The fraction of sp³-hybridized carbons (Fsp3) is 0.727. The van der Waals surface area contributed by atoms with Crippen LogP contribution < -0.4 is 14.6 Å². The maximum Gasteiger partial charge on any atom is 0.498 e. The maximum absolute atomic E-state index is 6.81. The molecule has 1 aliphatic rings. The van der Waals surface area contributed by atoms with Crippen molar-refractivity contribution >= 4 is 20.9 Å². The summed E-state index contributed by atoms with van der Waals surface area (Å²) in [4.78, 5) is 0. The Labute approximate surface area is 173 Å². The Morgan fingerprint density at radius 1 is 0.857 bits per heavy atom. The molecular weight excluding hydrogens is 367 g/mol. The quantitative estimate of drug-likeness (QED) is 0.557. The summed E-state index contributed by atoms with van der Waals surface area (Å²) in [6, 6.07) is 6.06. The van der Waals surface area contributed by atoms with Gasteiger partial charge in [0.25, 0.3) is 8.32 Å². The van der Waals surface area contributed by atoms with E-state index in [1.165, 1.54) is 0 Å². The van der Waals surface area contributed by atoms with Crippen molar-refractivity contribution in [3.8, 4) is 11.5 Å². The minimum Gasteiger partial charge on any atom is -0.543 e. The highest BCUT2D eigenvalue weighted by molar-refractivity contribution is 6.78. The molecule has 4 nitrogen and oxygen atoms in total. The highest BCUT2D eigenvalue weighted by Crippen LogP contribution is 2.43. The Kier molecular flexibility index (Phi) is 6.69. The highest BCUT2D eigenvalue weighted by atomic mass is 28.4. The first-order chi connectivity index (χ1) is 12.8. The largest absolute Gasteiger partial charge is 0.543 e. The highest BCUT2D eigenvalue weighted by Gasteiger charge is 2.52. The molecule has 158 valence electrons. The van der Waals surface area contributed by atoms with E-state index in [9.17, 15) is 0 Å². The zero-order valence-corrected chi connectivity index (χ0v) is 20.7. The Morgan fingerprint density at radius 2 is 1.32 bits per heavy atom. The van der Waals surface area contributed by atoms with Crippen molar-refractivity contribution in [1.29, 1.82) is 0 Å². The Balaban J connectivity index is 2.38. The van der Waals surface area contributed by atoms with Gasteiger partial charge < -0.3 is 18.5 Å². The molecule has 0 radical (unpaired) electrons. The van der Waals surface area contributed by atoms with Gasteiger partial charge in [0, 0.05) is 11.5 Å². The Hall–Kier alpha value is -0.978. The third-order valence-corrected chi connectivity index (χ3v) is 12.7. The van der Waals surface area contributed by atoms with E-state index in [4.69, 9.17) is 18.5 Å². The lowest BCUT2D eigenvalue weighted by Crippen LogP contribution is -2.50. The number of hydrogen-bond donors (Lipinski definition) is 0. The van der Waals surface area contributed by atoms with Crippen molar-refractivity contribution < 1.29 is 18.5 Å². The molecule has 0 saturated carbocycles. The first-order valence-electron chi connectivity index (χ1n) is 10.5. The summed E-state index contributed by atoms with van der Waals surface area (Å²) in [5, 5.41) is 0. The predicted octanol–water partition coefficient (Wildman–Crippen LogP) is 5.55. The van der Waals surface area contributed by atoms with Gasteiger partial charge in [0.15, 0.2) is 0 Å². The molecule has 0 bridgehead atoms. The lowest BCUT2D eigenvalue weighted by Gasteiger charge is -2.42. The van der Waals surface area contributed by atoms with E-state index in [-0.39, 0.29) is 11.2 Å². The van der Waals surface area contributed by atoms with Crippen molar-refractivity contribution in [2.24, 2.45) is 0 Å². The Morgan fingerprint density at radius 3 is 1.71 bits per heavy atom. The third kappa shape index (κ3) is 4.01.